The average Bonchev–Trinajstić information content (AvgIpc) is 3.08. The van der Waals surface area contributed by atoms with Crippen LogP contribution in [0.5, 0.6) is 0 Å². The topological polar surface area (TPSA) is 83.8 Å². The maximum absolute atomic E-state index is 13.3. The highest BCUT2D eigenvalue weighted by atomic mass is 32.1. The highest BCUT2D eigenvalue weighted by Crippen LogP contribution is 2.39. The van der Waals surface area contributed by atoms with Gasteiger partial charge in [-0.1, -0.05) is 24.3 Å². The summed E-state index contributed by atoms with van der Waals surface area (Å²) in [6.07, 6.45) is -1.27. The van der Waals surface area contributed by atoms with E-state index >= 15 is 0 Å². The quantitative estimate of drug-likeness (QED) is 0.466. The van der Waals surface area contributed by atoms with Gasteiger partial charge in [0.25, 0.3) is 6.43 Å². The van der Waals surface area contributed by atoms with Crippen molar-refractivity contribution >= 4 is 53.3 Å². The lowest BCUT2D eigenvalue weighted by Crippen LogP contribution is -2.36. The summed E-state index contributed by atoms with van der Waals surface area (Å²) in [5, 5.41) is 21.4. The Bertz CT molecular complexity index is 1270. The number of alkyl halides is 2. The van der Waals surface area contributed by atoms with E-state index in [0.29, 0.717) is 27.1 Å². The van der Waals surface area contributed by atoms with Gasteiger partial charge in [-0.15, -0.1) is 21.5 Å². The fourth-order valence-corrected chi connectivity index (χ4v) is 4.65. The molecule has 0 saturated heterocycles. The molecule has 0 spiro atoms. The minimum absolute atomic E-state index is 0.326. The Morgan fingerprint density at radius 2 is 1.71 bits per heavy atom. The Labute approximate surface area is 184 Å². The van der Waals surface area contributed by atoms with Crippen LogP contribution in [-0.4, -0.2) is 41.0 Å². The third-order valence-electron chi connectivity index (χ3n) is 5.41. The normalized spacial score (nSPS) is 12.7. The van der Waals surface area contributed by atoms with Gasteiger partial charge in [-0.25, -0.2) is 18.7 Å². The van der Waals surface area contributed by atoms with E-state index in [1.54, 1.807) is 20.8 Å². The molecule has 31 heavy (non-hydrogen) atoms. The van der Waals surface area contributed by atoms with Crippen molar-refractivity contribution in [2.75, 3.05) is 5.32 Å². The predicted molar refractivity (Wildman–Crippen MR) is 124 cm³/mol. The third-order valence-corrected chi connectivity index (χ3v) is 6.48. The zero-order valence-corrected chi connectivity index (χ0v) is 18.7. The van der Waals surface area contributed by atoms with Gasteiger partial charge in [0.15, 0.2) is 0 Å². The van der Waals surface area contributed by atoms with Crippen LogP contribution in [0.25, 0.3) is 20.4 Å². The Morgan fingerprint density at radius 1 is 1.06 bits per heavy atom. The molecule has 0 unspecified atom stereocenters. The second kappa shape index (κ2) is 7.49. The molecule has 0 radical (unpaired) electrons. The van der Waals surface area contributed by atoms with Crippen molar-refractivity contribution in [2.24, 2.45) is 0 Å². The van der Waals surface area contributed by atoms with E-state index in [0.717, 1.165) is 15.8 Å². The summed E-state index contributed by atoms with van der Waals surface area (Å²) in [7, 11) is 4.04. The number of fused-ring (bicyclic) bond motifs is 3. The number of aliphatic hydroxyl groups is 1. The van der Waals surface area contributed by atoms with Crippen LogP contribution >= 0.6 is 11.3 Å². The lowest BCUT2D eigenvalue weighted by atomic mass is 9.58. The van der Waals surface area contributed by atoms with Crippen molar-refractivity contribution in [1.82, 2.24) is 20.2 Å². The number of rotatable bonds is 5. The van der Waals surface area contributed by atoms with E-state index in [-0.39, 0.29) is 5.69 Å². The van der Waals surface area contributed by atoms with Crippen LogP contribution in [0.1, 0.15) is 42.7 Å². The molecule has 4 rings (SSSR count). The molecule has 0 aliphatic carbocycles. The zero-order chi connectivity index (χ0) is 22.6. The van der Waals surface area contributed by atoms with Crippen LogP contribution in [0, 0.1) is 6.92 Å². The van der Waals surface area contributed by atoms with Gasteiger partial charge in [0.2, 0.25) is 0 Å². The van der Waals surface area contributed by atoms with Crippen LogP contribution < -0.4 is 5.32 Å². The van der Waals surface area contributed by atoms with Gasteiger partial charge >= 0.3 is 0 Å². The van der Waals surface area contributed by atoms with Gasteiger partial charge in [-0.05, 0) is 37.5 Å². The molecule has 0 amide bonds. The molecular formula is C20H21B2F2N5OS. The van der Waals surface area contributed by atoms with Gasteiger partial charge in [0.05, 0.1) is 15.8 Å². The number of aryl methyl sites for hydroxylation is 1. The SMILES string of the molecule is BC(B)(Nc1ncnc2c1sc1nnc(C(F)F)c(C)c12)c1ccc(C(C)(C)O)cc1. The van der Waals surface area contributed by atoms with Crippen molar-refractivity contribution in [1.29, 1.82) is 0 Å². The third kappa shape index (κ3) is 3.87. The van der Waals surface area contributed by atoms with E-state index in [2.05, 4.69) is 25.5 Å². The molecule has 0 saturated carbocycles. The van der Waals surface area contributed by atoms with Gasteiger partial charge in [-0.3, -0.25) is 0 Å². The number of halogens is 2. The number of hydrogen-bond donors (Lipinski definition) is 2. The molecule has 158 valence electrons. The summed E-state index contributed by atoms with van der Waals surface area (Å²) in [6.45, 7) is 5.11. The van der Waals surface area contributed by atoms with Crippen molar-refractivity contribution in [3.63, 3.8) is 0 Å². The van der Waals surface area contributed by atoms with E-state index < -0.39 is 17.4 Å². The number of nitrogens with zero attached hydrogens (tertiary/aromatic N) is 4. The molecule has 3 heterocycles. The number of hydrogen-bond acceptors (Lipinski definition) is 7. The van der Waals surface area contributed by atoms with Crippen molar-refractivity contribution in [3.05, 3.63) is 53.0 Å². The van der Waals surface area contributed by atoms with Crippen LogP contribution in [-0.2, 0) is 10.9 Å². The molecule has 1 aromatic carbocycles. The predicted octanol–water partition coefficient (Wildman–Crippen LogP) is 2.60. The Kier molecular flexibility index (Phi) is 5.21. The molecule has 0 aliphatic heterocycles. The van der Waals surface area contributed by atoms with Gasteiger partial charge in [0.1, 0.15) is 38.4 Å². The summed E-state index contributed by atoms with van der Waals surface area (Å²) < 4.78 is 27.3. The number of benzene rings is 1. The first-order valence-corrected chi connectivity index (χ1v) is 10.6. The first-order valence-electron chi connectivity index (χ1n) is 9.79. The fraction of sp³-hybridized carbons (Fsp3) is 0.300. The number of aromatic nitrogens is 4. The van der Waals surface area contributed by atoms with Crippen molar-refractivity contribution < 1.29 is 13.9 Å². The zero-order valence-electron chi connectivity index (χ0n) is 17.9. The highest BCUT2D eigenvalue weighted by Gasteiger charge is 2.26. The maximum Gasteiger partial charge on any atom is 0.282 e. The standard InChI is InChI=1S/C20H21B2F2N5OS/c1-9-12-14-15(31-18(12)29-28-13(9)16(23)24)17(26-8-25-14)27-20(21,22)11-6-4-10(5-7-11)19(2,3)30/h4-8,16,30H,21-22H2,1-3H3,(H,25,26,27). The molecule has 6 nitrogen and oxygen atoms in total. The molecule has 0 fully saturated rings. The summed E-state index contributed by atoms with van der Waals surface area (Å²) >= 11 is 1.33. The molecule has 11 heteroatoms. The minimum Gasteiger partial charge on any atom is -0.386 e. The fourth-order valence-electron chi connectivity index (χ4n) is 3.57. The monoisotopic (exact) mass is 439 g/mol. The molecule has 2 N–H and O–H groups in total. The smallest absolute Gasteiger partial charge is 0.282 e. The summed E-state index contributed by atoms with van der Waals surface area (Å²) in [5.74, 6) is 0.600. The van der Waals surface area contributed by atoms with E-state index in [1.165, 1.54) is 17.7 Å². The van der Waals surface area contributed by atoms with Crippen LogP contribution in [0.15, 0.2) is 30.6 Å². The first-order chi connectivity index (χ1) is 14.5. The molecule has 0 aliphatic rings. The minimum atomic E-state index is -2.70. The van der Waals surface area contributed by atoms with Gasteiger partial charge in [-0.2, -0.15) is 0 Å². The Balaban J connectivity index is 1.77. The lowest BCUT2D eigenvalue weighted by Gasteiger charge is -2.29. The van der Waals surface area contributed by atoms with Crippen LogP contribution in [0.2, 0.25) is 0 Å². The van der Waals surface area contributed by atoms with E-state index in [9.17, 15) is 13.9 Å². The lowest BCUT2D eigenvalue weighted by molar-refractivity contribution is 0.0786. The second-order valence-corrected chi connectivity index (χ2v) is 9.58. The van der Waals surface area contributed by atoms with E-state index in [4.69, 9.17) is 0 Å². The van der Waals surface area contributed by atoms with Crippen LogP contribution in [0.4, 0.5) is 14.6 Å². The Morgan fingerprint density at radius 3 is 2.32 bits per heavy atom. The van der Waals surface area contributed by atoms with Gasteiger partial charge < -0.3 is 10.4 Å². The van der Waals surface area contributed by atoms with Crippen molar-refractivity contribution in [3.8, 4) is 0 Å². The van der Waals surface area contributed by atoms with Crippen molar-refractivity contribution in [2.45, 2.75) is 38.1 Å². The van der Waals surface area contributed by atoms with E-state index in [1.807, 2.05) is 40.0 Å². The van der Waals surface area contributed by atoms with Crippen LogP contribution in [0.3, 0.4) is 0 Å². The number of anilines is 1. The molecule has 0 bridgehead atoms. The first kappa shape index (κ1) is 21.6. The number of thiophene rings is 1. The average molecular weight is 439 g/mol. The maximum atomic E-state index is 13.3. The summed E-state index contributed by atoms with van der Waals surface area (Å²) in [5.41, 5.74) is 1.56. The largest absolute Gasteiger partial charge is 0.386 e. The Hall–Kier alpha value is -2.65. The van der Waals surface area contributed by atoms with Gasteiger partial charge in [0, 0.05) is 10.7 Å². The molecular weight excluding hydrogens is 418 g/mol. The highest BCUT2D eigenvalue weighted by molar-refractivity contribution is 7.26. The molecule has 4 aromatic rings. The molecule has 0 atom stereocenters. The summed E-state index contributed by atoms with van der Waals surface area (Å²) in [6, 6.07) is 7.74. The second-order valence-electron chi connectivity index (χ2n) is 8.58. The number of nitrogens with one attached hydrogen (secondary N) is 1. The summed E-state index contributed by atoms with van der Waals surface area (Å²) in [4.78, 5) is 9.31. The molecule has 3 aromatic heterocycles.